The number of amides is 1. The van der Waals surface area contributed by atoms with E-state index in [-0.39, 0.29) is 5.91 Å². The third-order valence-electron chi connectivity index (χ3n) is 3.82. The van der Waals surface area contributed by atoms with Gasteiger partial charge in [0, 0.05) is 17.5 Å². The van der Waals surface area contributed by atoms with E-state index in [0.29, 0.717) is 6.54 Å². The number of thiophene rings is 1. The summed E-state index contributed by atoms with van der Waals surface area (Å²) < 4.78 is 0. The minimum absolute atomic E-state index is 0.344. The van der Waals surface area contributed by atoms with Gasteiger partial charge in [-0.05, 0) is 19.4 Å². The number of nitrogens with two attached hydrogens (primary N) is 1. The van der Waals surface area contributed by atoms with Gasteiger partial charge in [0.2, 0.25) is 5.91 Å². The van der Waals surface area contributed by atoms with E-state index >= 15 is 0 Å². The van der Waals surface area contributed by atoms with E-state index in [0.717, 1.165) is 27.2 Å². The van der Waals surface area contributed by atoms with E-state index in [4.69, 9.17) is 5.73 Å². The first kappa shape index (κ1) is 15.4. The van der Waals surface area contributed by atoms with Crippen LogP contribution in [0.3, 0.4) is 0 Å². The van der Waals surface area contributed by atoms with Crippen LogP contribution in [-0.2, 0) is 4.79 Å². The third kappa shape index (κ3) is 3.03. The molecule has 3 N–H and O–H groups in total. The summed E-state index contributed by atoms with van der Waals surface area (Å²) in [6, 6.07) is 10.1. The Morgan fingerprint density at radius 2 is 2.00 bits per heavy atom. The van der Waals surface area contributed by atoms with Gasteiger partial charge in [-0.25, -0.2) is 9.97 Å². The molecule has 0 fully saturated rings. The zero-order chi connectivity index (χ0) is 16.4. The van der Waals surface area contributed by atoms with E-state index in [2.05, 4.69) is 32.8 Å². The number of carbonyl (C=O) groups excluding carboxylic acids is 1. The maximum absolute atomic E-state index is 11.5. The molecular formula is C17H18N4OS. The summed E-state index contributed by atoms with van der Waals surface area (Å²) in [6.45, 7) is 4.04. The Kier molecular flexibility index (Phi) is 4.00. The highest BCUT2D eigenvalue weighted by Gasteiger charge is 2.25. The van der Waals surface area contributed by atoms with Crippen molar-refractivity contribution in [3.8, 4) is 11.1 Å². The third-order valence-corrected chi connectivity index (χ3v) is 4.71. The maximum atomic E-state index is 11.5. The summed E-state index contributed by atoms with van der Waals surface area (Å²) in [6.07, 6.45) is 1.53. The Hall–Kier alpha value is -2.47. The molecule has 118 valence electrons. The second-order valence-corrected chi connectivity index (χ2v) is 6.88. The molecule has 1 aromatic carbocycles. The highest BCUT2D eigenvalue weighted by atomic mass is 32.1. The molecular weight excluding hydrogens is 308 g/mol. The van der Waals surface area contributed by atoms with Crippen LogP contribution in [0.1, 0.15) is 13.8 Å². The molecule has 5 nitrogen and oxygen atoms in total. The number of primary amides is 1. The van der Waals surface area contributed by atoms with Gasteiger partial charge in [-0.1, -0.05) is 30.3 Å². The summed E-state index contributed by atoms with van der Waals surface area (Å²) >= 11 is 1.58. The number of nitrogens with one attached hydrogen (secondary N) is 1. The van der Waals surface area contributed by atoms with Crippen LogP contribution >= 0.6 is 11.3 Å². The van der Waals surface area contributed by atoms with Crippen molar-refractivity contribution in [1.82, 2.24) is 9.97 Å². The standard InChI is InChI=1S/C17H18N4OS/c1-17(2,16(18)22)9-19-14-13-12(11-6-4-3-5-7-11)8-23-15(13)21-10-20-14/h3-8,10H,9H2,1-2H3,(H2,18,22)(H,19,20,21). The molecule has 0 unspecified atom stereocenters. The van der Waals surface area contributed by atoms with Crippen molar-refractivity contribution in [2.24, 2.45) is 11.1 Å². The first-order chi connectivity index (χ1) is 11.0. The van der Waals surface area contributed by atoms with Crippen LogP contribution in [0, 0.1) is 5.41 Å². The Balaban J connectivity index is 2.01. The largest absolute Gasteiger partial charge is 0.369 e. The van der Waals surface area contributed by atoms with Crippen LogP contribution < -0.4 is 11.1 Å². The molecule has 1 amide bonds. The second kappa shape index (κ2) is 5.96. The van der Waals surface area contributed by atoms with Crippen molar-refractivity contribution in [3.63, 3.8) is 0 Å². The fourth-order valence-electron chi connectivity index (χ4n) is 2.23. The van der Waals surface area contributed by atoms with E-state index in [1.54, 1.807) is 11.3 Å². The molecule has 3 aromatic rings. The van der Waals surface area contributed by atoms with Crippen LogP contribution in [0.2, 0.25) is 0 Å². The zero-order valence-electron chi connectivity index (χ0n) is 13.0. The molecule has 0 spiro atoms. The number of rotatable bonds is 5. The van der Waals surface area contributed by atoms with E-state index in [9.17, 15) is 4.79 Å². The maximum Gasteiger partial charge on any atom is 0.224 e. The van der Waals surface area contributed by atoms with Crippen molar-refractivity contribution >= 4 is 33.3 Å². The molecule has 23 heavy (non-hydrogen) atoms. The highest BCUT2D eigenvalue weighted by Crippen LogP contribution is 2.36. The molecule has 0 aliphatic heterocycles. The fraction of sp³-hybridized carbons (Fsp3) is 0.235. The fourth-order valence-corrected chi connectivity index (χ4v) is 3.15. The summed E-state index contributed by atoms with van der Waals surface area (Å²) in [5.41, 5.74) is 6.99. The number of hydrogen-bond donors (Lipinski definition) is 2. The molecule has 0 saturated carbocycles. The van der Waals surface area contributed by atoms with Gasteiger partial charge in [-0.15, -0.1) is 11.3 Å². The lowest BCUT2D eigenvalue weighted by Crippen LogP contribution is -2.37. The molecule has 6 heteroatoms. The van der Waals surface area contributed by atoms with Crippen molar-refractivity contribution in [1.29, 1.82) is 0 Å². The molecule has 0 saturated heterocycles. The molecule has 0 bridgehead atoms. The van der Waals surface area contributed by atoms with Crippen molar-refractivity contribution in [3.05, 3.63) is 42.0 Å². The van der Waals surface area contributed by atoms with Crippen LogP contribution in [0.25, 0.3) is 21.3 Å². The summed E-state index contributed by atoms with van der Waals surface area (Å²) in [5.74, 6) is 0.383. The van der Waals surface area contributed by atoms with Gasteiger partial charge in [-0.2, -0.15) is 0 Å². The van der Waals surface area contributed by atoms with E-state index < -0.39 is 5.41 Å². The smallest absolute Gasteiger partial charge is 0.224 e. The second-order valence-electron chi connectivity index (χ2n) is 6.02. The number of fused-ring (bicyclic) bond motifs is 1. The topological polar surface area (TPSA) is 80.9 Å². The lowest BCUT2D eigenvalue weighted by atomic mass is 9.93. The predicted molar refractivity (Wildman–Crippen MR) is 94.3 cm³/mol. The molecule has 3 rings (SSSR count). The normalized spacial score (nSPS) is 11.6. The Bertz CT molecular complexity index is 842. The summed E-state index contributed by atoms with van der Waals surface area (Å²) in [4.78, 5) is 21.1. The first-order valence-corrected chi connectivity index (χ1v) is 8.18. The first-order valence-electron chi connectivity index (χ1n) is 7.30. The van der Waals surface area contributed by atoms with Crippen LogP contribution in [0.4, 0.5) is 5.82 Å². The SMILES string of the molecule is CC(C)(CNc1ncnc2scc(-c3ccccc3)c12)C(N)=O. The average Bonchev–Trinajstić information content (AvgIpc) is 2.98. The number of aromatic nitrogens is 2. The zero-order valence-corrected chi connectivity index (χ0v) is 13.9. The Labute approximate surface area is 138 Å². The van der Waals surface area contributed by atoms with Crippen LogP contribution in [-0.4, -0.2) is 22.4 Å². The van der Waals surface area contributed by atoms with E-state index in [1.165, 1.54) is 6.33 Å². The van der Waals surface area contributed by atoms with Gasteiger partial charge in [0.05, 0.1) is 10.8 Å². The molecule has 0 aliphatic carbocycles. The lowest BCUT2D eigenvalue weighted by Gasteiger charge is -2.21. The van der Waals surface area contributed by atoms with Gasteiger partial charge in [0.15, 0.2) is 0 Å². The lowest BCUT2D eigenvalue weighted by molar-refractivity contribution is -0.125. The van der Waals surface area contributed by atoms with Gasteiger partial charge in [-0.3, -0.25) is 4.79 Å². The minimum atomic E-state index is -0.653. The quantitative estimate of drug-likeness (QED) is 0.754. The number of hydrogen-bond acceptors (Lipinski definition) is 5. The number of anilines is 1. The summed E-state index contributed by atoms with van der Waals surface area (Å²) in [5, 5.41) is 6.32. The van der Waals surface area contributed by atoms with Crippen molar-refractivity contribution in [2.75, 3.05) is 11.9 Å². The molecule has 2 aromatic heterocycles. The van der Waals surface area contributed by atoms with E-state index in [1.807, 2.05) is 32.0 Å². The monoisotopic (exact) mass is 326 g/mol. The van der Waals surface area contributed by atoms with Crippen molar-refractivity contribution in [2.45, 2.75) is 13.8 Å². The van der Waals surface area contributed by atoms with Crippen molar-refractivity contribution < 1.29 is 4.79 Å². The highest BCUT2D eigenvalue weighted by molar-refractivity contribution is 7.17. The molecule has 0 radical (unpaired) electrons. The Morgan fingerprint density at radius 1 is 1.26 bits per heavy atom. The summed E-state index contributed by atoms with van der Waals surface area (Å²) in [7, 11) is 0. The predicted octanol–water partition coefficient (Wildman–Crippen LogP) is 3.28. The molecule has 2 heterocycles. The number of benzene rings is 1. The number of nitrogens with zero attached hydrogens (tertiary/aromatic N) is 2. The van der Waals surface area contributed by atoms with Crippen LogP contribution in [0.5, 0.6) is 0 Å². The minimum Gasteiger partial charge on any atom is -0.369 e. The Morgan fingerprint density at radius 3 is 2.70 bits per heavy atom. The van der Waals surface area contributed by atoms with Gasteiger partial charge in [0.25, 0.3) is 0 Å². The van der Waals surface area contributed by atoms with Gasteiger partial charge < -0.3 is 11.1 Å². The van der Waals surface area contributed by atoms with Gasteiger partial charge in [0.1, 0.15) is 17.0 Å². The molecule has 0 atom stereocenters. The molecule has 0 aliphatic rings. The van der Waals surface area contributed by atoms with Gasteiger partial charge >= 0.3 is 0 Å². The average molecular weight is 326 g/mol. The van der Waals surface area contributed by atoms with Crippen LogP contribution in [0.15, 0.2) is 42.0 Å². The number of carbonyl (C=O) groups is 1.